The van der Waals surface area contributed by atoms with Gasteiger partial charge in [0, 0.05) is 0 Å². The maximum absolute atomic E-state index is 5.58. The maximum atomic E-state index is 5.58. The highest BCUT2D eigenvalue weighted by molar-refractivity contribution is 6.29. The lowest BCUT2D eigenvalue weighted by molar-refractivity contribution is 0.241. The van der Waals surface area contributed by atoms with E-state index in [1.54, 1.807) is 18.3 Å². The SMILES string of the molecule is CC(C)Oc1ccc(Cl)nc1. The number of aromatic nitrogens is 1. The van der Waals surface area contributed by atoms with E-state index in [9.17, 15) is 0 Å². The summed E-state index contributed by atoms with van der Waals surface area (Å²) in [5, 5.41) is 0.487. The number of halogens is 1. The highest BCUT2D eigenvalue weighted by Crippen LogP contribution is 2.13. The second kappa shape index (κ2) is 3.58. The van der Waals surface area contributed by atoms with Gasteiger partial charge in [-0.05, 0) is 26.0 Å². The van der Waals surface area contributed by atoms with Crippen molar-refractivity contribution in [3.05, 3.63) is 23.5 Å². The van der Waals surface area contributed by atoms with Crippen LogP contribution in [0, 0.1) is 0 Å². The van der Waals surface area contributed by atoms with Gasteiger partial charge in [0.2, 0.25) is 0 Å². The van der Waals surface area contributed by atoms with E-state index in [0.29, 0.717) is 5.15 Å². The monoisotopic (exact) mass is 171 g/mol. The Balaban J connectivity index is 2.66. The highest BCUT2D eigenvalue weighted by atomic mass is 35.5. The van der Waals surface area contributed by atoms with Crippen LogP contribution in [0.3, 0.4) is 0 Å². The maximum Gasteiger partial charge on any atom is 0.138 e. The van der Waals surface area contributed by atoms with Crippen LogP contribution in [0.2, 0.25) is 5.15 Å². The molecule has 0 aromatic carbocycles. The molecular formula is C8H10ClNO. The summed E-state index contributed by atoms with van der Waals surface area (Å²) in [5.41, 5.74) is 0. The summed E-state index contributed by atoms with van der Waals surface area (Å²) < 4.78 is 5.35. The van der Waals surface area contributed by atoms with Crippen molar-refractivity contribution in [2.24, 2.45) is 0 Å². The Hall–Kier alpha value is -0.760. The van der Waals surface area contributed by atoms with Crippen LogP contribution in [-0.4, -0.2) is 11.1 Å². The molecule has 2 nitrogen and oxygen atoms in total. The topological polar surface area (TPSA) is 22.1 Å². The third-order valence-corrected chi connectivity index (χ3v) is 1.30. The lowest BCUT2D eigenvalue weighted by Gasteiger charge is -2.07. The molecule has 0 fully saturated rings. The Bertz CT molecular complexity index is 220. The van der Waals surface area contributed by atoms with E-state index in [0.717, 1.165) is 5.75 Å². The molecule has 0 bridgehead atoms. The molecule has 0 saturated heterocycles. The first-order valence-corrected chi connectivity index (χ1v) is 3.84. The van der Waals surface area contributed by atoms with Crippen molar-refractivity contribution < 1.29 is 4.74 Å². The van der Waals surface area contributed by atoms with Gasteiger partial charge < -0.3 is 4.74 Å². The third-order valence-electron chi connectivity index (χ3n) is 1.07. The summed E-state index contributed by atoms with van der Waals surface area (Å²) in [5.74, 6) is 0.754. The van der Waals surface area contributed by atoms with E-state index in [2.05, 4.69) is 4.98 Å². The van der Waals surface area contributed by atoms with Gasteiger partial charge in [0.15, 0.2) is 0 Å². The van der Waals surface area contributed by atoms with E-state index in [-0.39, 0.29) is 6.10 Å². The van der Waals surface area contributed by atoms with Crippen molar-refractivity contribution in [1.29, 1.82) is 0 Å². The van der Waals surface area contributed by atoms with Crippen LogP contribution in [0.5, 0.6) is 5.75 Å². The fourth-order valence-corrected chi connectivity index (χ4v) is 0.816. The van der Waals surface area contributed by atoms with Crippen LogP contribution in [0.25, 0.3) is 0 Å². The first kappa shape index (κ1) is 8.34. The van der Waals surface area contributed by atoms with Crippen LogP contribution in [0.4, 0.5) is 0 Å². The van der Waals surface area contributed by atoms with Crippen LogP contribution < -0.4 is 4.74 Å². The van der Waals surface area contributed by atoms with E-state index in [1.165, 1.54) is 0 Å². The summed E-state index contributed by atoms with van der Waals surface area (Å²) in [6, 6.07) is 3.51. The normalized spacial score (nSPS) is 10.2. The summed E-state index contributed by atoms with van der Waals surface area (Å²) in [7, 11) is 0. The Morgan fingerprint density at radius 3 is 2.64 bits per heavy atom. The van der Waals surface area contributed by atoms with Crippen molar-refractivity contribution in [3.8, 4) is 5.75 Å². The first-order valence-electron chi connectivity index (χ1n) is 3.46. The van der Waals surface area contributed by atoms with Crippen molar-refractivity contribution in [3.63, 3.8) is 0 Å². The molecule has 0 amide bonds. The fraction of sp³-hybridized carbons (Fsp3) is 0.375. The number of nitrogens with zero attached hydrogens (tertiary/aromatic N) is 1. The molecule has 0 N–H and O–H groups in total. The molecule has 0 atom stereocenters. The largest absolute Gasteiger partial charge is 0.489 e. The molecule has 11 heavy (non-hydrogen) atoms. The Morgan fingerprint density at radius 2 is 2.18 bits per heavy atom. The minimum Gasteiger partial charge on any atom is -0.489 e. The molecule has 0 aliphatic carbocycles. The average molecular weight is 172 g/mol. The average Bonchev–Trinajstić information content (AvgIpc) is 1.93. The van der Waals surface area contributed by atoms with E-state index in [1.807, 2.05) is 13.8 Å². The van der Waals surface area contributed by atoms with Crippen LogP contribution in [0.15, 0.2) is 18.3 Å². The molecule has 0 unspecified atom stereocenters. The highest BCUT2D eigenvalue weighted by Gasteiger charge is 1.96. The zero-order chi connectivity index (χ0) is 8.27. The van der Waals surface area contributed by atoms with Crippen molar-refractivity contribution in [2.45, 2.75) is 20.0 Å². The zero-order valence-electron chi connectivity index (χ0n) is 6.54. The van der Waals surface area contributed by atoms with E-state index in [4.69, 9.17) is 16.3 Å². The number of hydrogen-bond donors (Lipinski definition) is 0. The predicted octanol–water partition coefficient (Wildman–Crippen LogP) is 2.52. The molecule has 60 valence electrons. The number of rotatable bonds is 2. The van der Waals surface area contributed by atoms with Crippen molar-refractivity contribution in [1.82, 2.24) is 4.98 Å². The van der Waals surface area contributed by atoms with E-state index >= 15 is 0 Å². The third kappa shape index (κ3) is 2.76. The molecule has 1 heterocycles. The molecular weight excluding hydrogens is 162 g/mol. The Kier molecular flexibility index (Phi) is 2.71. The zero-order valence-corrected chi connectivity index (χ0v) is 7.30. The Labute approximate surface area is 71.2 Å². The minimum atomic E-state index is 0.179. The first-order chi connectivity index (χ1) is 5.18. The van der Waals surface area contributed by atoms with Gasteiger partial charge in [-0.15, -0.1) is 0 Å². The number of pyridine rings is 1. The molecule has 3 heteroatoms. The van der Waals surface area contributed by atoms with Gasteiger partial charge in [-0.3, -0.25) is 0 Å². The summed E-state index contributed by atoms with van der Waals surface area (Å²) in [4.78, 5) is 3.87. The lowest BCUT2D eigenvalue weighted by Crippen LogP contribution is -2.05. The van der Waals surface area contributed by atoms with Gasteiger partial charge in [-0.1, -0.05) is 11.6 Å². The van der Waals surface area contributed by atoms with Crippen molar-refractivity contribution >= 4 is 11.6 Å². The molecule has 0 radical (unpaired) electrons. The predicted molar refractivity (Wildman–Crippen MR) is 45.0 cm³/mol. The molecule has 0 saturated carbocycles. The smallest absolute Gasteiger partial charge is 0.138 e. The molecule has 0 spiro atoms. The standard InChI is InChI=1S/C8H10ClNO/c1-6(2)11-7-3-4-8(9)10-5-7/h3-6H,1-2H3. The van der Waals surface area contributed by atoms with Gasteiger partial charge in [0.1, 0.15) is 10.9 Å². The van der Waals surface area contributed by atoms with Crippen LogP contribution >= 0.6 is 11.6 Å². The number of ether oxygens (including phenoxy) is 1. The van der Waals surface area contributed by atoms with Crippen molar-refractivity contribution in [2.75, 3.05) is 0 Å². The minimum absolute atomic E-state index is 0.179. The second-order valence-electron chi connectivity index (χ2n) is 2.48. The van der Waals surface area contributed by atoms with Crippen LogP contribution in [0.1, 0.15) is 13.8 Å². The summed E-state index contributed by atoms with van der Waals surface area (Å²) >= 11 is 5.58. The van der Waals surface area contributed by atoms with E-state index < -0.39 is 0 Å². The van der Waals surface area contributed by atoms with Crippen LogP contribution in [-0.2, 0) is 0 Å². The second-order valence-corrected chi connectivity index (χ2v) is 2.87. The molecule has 0 aliphatic heterocycles. The summed E-state index contributed by atoms with van der Waals surface area (Å²) in [6.07, 6.45) is 1.79. The fourth-order valence-electron chi connectivity index (χ4n) is 0.704. The molecule has 1 rings (SSSR count). The lowest BCUT2D eigenvalue weighted by atomic mass is 10.4. The molecule has 1 aromatic heterocycles. The van der Waals surface area contributed by atoms with Gasteiger partial charge >= 0.3 is 0 Å². The van der Waals surface area contributed by atoms with Gasteiger partial charge in [0.25, 0.3) is 0 Å². The van der Waals surface area contributed by atoms with Gasteiger partial charge in [-0.25, -0.2) is 4.98 Å². The molecule has 1 aromatic rings. The van der Waals surface area contributed by atoms with Gasteiger partial charge in [0.05, 0.1) is 12.3 Å². The molecule has 0 aliphatic rings. The number of hydrogen-bond acceptors (Lipinski definition) is 2. The summed E-state index contributed by atoms with van der Waals surface area (Å²) in [6.45, 7) is 3.93. The quantitative estimate of drug-likeness (QED) is 0.638. The Morgan fingerprint density at radius 1 is 1.45 bits per heavy atom. The van der Waals surface area contributed by atoms with Gasteiger partial charge in [-0.2, -0.15) is 0 Å².